The molecule has 26 unspecified atom stereocenters. The van der Waals surface area contributed by atoms with Crippen LogP contribution in [-0.4, -0.2) is 203 Å². The maximum absolute atomic E-state index is 13.0. The van der Waals surface area contributed by atoms with Crippen molar-refractivity contribution in [2.75, 3.05) is 13.2 Å². The van der Waals surface area contributed by atoms with E-state index in [4.69, 9.17) is 33.2 Å². The van der Waals surface area contributed by atoms with Gasteiger partial charge in [-0.3, -0.25) is 4.79 Å². The third kappa shape index (κ3) is 8.47. The second-order valence-corrected chi connectivity index (χ2v) is 24.3. The molecule has 21 heteroatoms. The number of aliphatic carboxylic acids is 1. The van der Waals surface area contributed by atoms with Crippen molar-refractivity contribution < 1.29 is 104 Å². The number of carboxylic acid groups (broad SMARTS) is 1. The smallest absolute Gasteiger partial charge is 0.335 e. The molecule has 8 aliphatic rings. The van der Waals surface area contributed by atoms with Crippen LogP contribution in [0.3, 0.4) is 0 Å². The van der Waals surface area contributed by atoms with Crippen LogP contribution in [-0.2, 0) is 42.7 Å². The summed E-state index contributed by atoms with van der Waals surface area (Å²) in [5, 5.41) is 131. The van der Waals surface area contributed by atoms with Gasteiger partial charge in [0, 0.05) is 6.92 Å². The molecule has 0 aromatic rings. The molecule has 3 aliphatic heterocycles. The lowest BCUT2D eigenvalue weighted by molar-refractivity contribution is -0.390. The summed E-state index contributed by atoms with van der Waals surface area (Å²) in [6.45, 7) is 16.2. The zero-order chi connectivity index (χ0) is 52.5. The number of hydrogen-bond donors (Lipinski definition) is 12. The first kappa shape index (κ1) is 55.2. The Kier molecular flexibility index (Phi) is 15.0. The maximum atomic E-state index is 13.0. The van der Waals surface area contributed by atoms with E-state index in [1.54, 1.807) is 0 Å². The van der Waals surface area contributed by atoms with Crippen molar-refractivity contribution >= 4 is 11.9 Å². The molecule has 0 bridgehead atoms. The molecule has 26 atom stereocenters. The van der Waals surface area contributed by atoms with Crippen molar-refractivity contribution in [3.63, 3.8) is 0 Å². The summed E-state index contributed by atoms with van der Waals surface area (Å²) in [5.41, 5.74) is -2.93. The lowest BCUT2D eigenvalue weighted by atomic mass is 9.33. The van der Waals surface area contributed by atoms with E-state index in [0.29, 0.717) is 38.5 Å². The topological polar surface area (TPSA) is 342 Å². The van der Waals surface area contributed by atoms with Crippen molar-refractivity contribution in [2.45, 2.75) is 224 Å². The number of carbonyl (C=O) groups is 2. The lowest BCUT2D eigenvalue weighted by Gasteiger charge is -2.72. The fourth-order valence-corrected chi connectivity index (χ4v) is 15.6. The number of allylic oxidation sites excluding steroid dienone is 2. The molecule has 0 radical (unpaired) electrons. The Morgan fingerprint density at radius 3 is 1.90 bits per heavy atom. The summed E-state index contributed by atoms with van der Waals surface area (Å²) in [5.74, 6) is -2.53. The third-order valence-corrected chi connectivity index (χ3v) is 19.9. The minimum Gasteiger partial charge on any atom is -0.479 e. The van der Waals surface area contributed by atoms with Crippen LogP contribution in [0.2, 0.25) is 0 Å². The highest BCUT2D eigenvalue weighted by molar-refractivity contribution is 5.73. The fourth-order valence-electron chi connectivity index (χ4n) is 15.6. The van der Waals surface area contributed by atoms with Crippen LogP contribution in [0.15, 0.2) is 11.6 Å². The third-order valence-electron chi connectivity index (χ3n) is 19.9. The number of carboxylic acids is 1. The predicted molar refractivity (Wildman–Crippen MR) is 243 cm³/mol. The summed E-state index contributed by atoms with van der Waals surface area (Å²) in [7, 11) is 0. The van der Waals surface area contributed by atoms with Gasteiger partial charge in [-0.05, 0) is 96.7 Å². The highest BCUT2D eigenvalue weighted by atomic mass is 16.8. The predicted octanol–water partition coefficient (Wildman–Crippen LogP) is -0.783. The van der Waals surface area contributed by atoms with Crippen LogP contribution in [0.5, 0.6) is 0 Å². The number of ether oxygens (including phenoxy) is 7. The summed E-state index contributed by atoms with van der Waals surface area (Å²) < 4.78 is 42.3. The average molecular weight is 1020 g/mol. The summed E-state index contributed by atoms with van der Waals surface area (Å²) in [4.78, 5) is 25.9. The normalized spacial score (nSPS) is 53.5. The first-order valence-corrected chi connectivity index (χ1v) is 25.4. The fraction of sp³-hybridized carbons (Fsp3) is 0.920. The SMILES string of the molecule is CC(=O)OC1CC2(C)C(=CCC3C4(C)CCC(OC5OC(C(=O)O)C(OC6OC(C)C(O)C(O)C6O)C(O)C5OC5OC(CO)C(O)C(O)C5O)C(C)(C)C4CCC32C)C2CC(C)(C)C(O)C(O)C12CO. The molecular formula is C50H80O21. The van der Waals surface area contributed by atoms with E-state index in [2.05, 4.69) is 40.7 Å². The van der Waals surface area contributed by atoms with Gasteiger partial charge in [0.15, 0.2) is 25.0 Å². The van der Waals surface area contributed by atoms with E-state index in [9.17, 15) is 70.9 Å². The van der Waals surface area contributed by atoms with Crippen molar-refractivity contribution in [1.29, 1.82) is 0 Å². The second-order valence-electron chi connectivity index (χ2n) is 24.3. The van der Waals surface area contributed by atoms with E-state index in [-0.39, 0.29) is 22.7 Å². The number of esters is 1. The molecule has 4 saturated carbocycles. The molecule has 71 heavy (non-hydrogen) atoms. The number of hydrogen-bond acceptors (Lipinski definition) is 20. The number of fused-ring (bicyclic) bond motifs is 7. The van der Waals surface area contributed by atoms with Gasteiger partial charge in [-0.15, -0.1) is 0 Å². The summed E-state index contributed by atoms with van der Waals surface area (Å²) >= 11 is 0. The van der Waals surface area contributed by atoms with E-state index < -0.39 is 169 Å². The van der Waals surface area contributed by atoms with Crippen LogP contribution in [0.4, 0.5) is 0 Å². The summed E-state index contributed by atoms with van der Waals surface area (Å²) in [6.07, 6.45) is -24.4. The number of carbonyl (C=O) groups excluding carboxylic acids is 1. The highest BCUT2D eigenvalue weighted by Gasteiger charge is 2.73. The number of aliphatic hydroxyl groups excluding tert-OH is 11. The molecule has 0 aromatic heterocycles. The van der Waals surface area contributed by atoms with Crippen LogP contribution in [0.25, 0.3) is 0 Å². The summed E-state index contributed by atoms with van der Waals surface area (Å²) in [6, 6.07) is 0. The molecule has 0 aromatic carbocycles. The minimum absolute atomic E-state index is 0.0289. The Labute approximate surface area is 414 Å². The van der Waals surface area contributed by atoms with Gasteiger partial charge in [-0.25, -0.2) is 4.79 Å². The quantitative estimate of drug-likeness (QED) is 0.0725. The van der Waals surface area contributed by atoms with Gasteiger partial charge in [-0.2, -0.15) is 0 Å². The van der Waals surface area contributed by atoms with Crippen molar-refractivity contribution in [1.82, 2.24) is 0 Å². The van der Waals surface area contributed by atoms with Crippen molar-refractivity contribution in [3.8, 4) is 0 Å². The Balaban J connectivity index is 1.10. The zero-order valence-corrected chi connectivity index (χ0v) is 42.2. The Bertz CT molecular complexity index is 2000. The first-order valence-electron chi connectivity index (χ1n) is 25.4. The Morgan fingerprint density at radius 1 is 0.676 bits per heavy atom. The first-order chi connectivity index (χ1) is 33.0. The van der Waals surface area contributed by atoms with Crippen LogP contribution in [0.1, 0.15) is 107 Å². The average Bonchev–Trinajstić information content (AvgIpc) is 3.29. The maximum Gasteiger partial charge on any atom is 0.335 e. The number of aliphatic hydroxyl groups is 11. The Hall–Kier alpha value is -2.00. The van der Waals surface area contributed by atoms with Crippen molar-refractivity contribution in [2.24, 2.45) is 50.2 Å². The van der Waals surface area contributed by atoms with Gasteiger partial charge in [0.2, 0.25) is 0 Å². The molecule has 0 amide bonds. The monoisotopic (exact) mass is 1020 g/mol. The van der Waals surface area contributed by atoms with Crippen LogP contribution < -0.4 is 0 Å². The van der Waals surface area contributed by atoms with E-state index in [0.717, 1.165) is 12.0 Å². The molecule has 7 fully saturated rings. The largest absolute Gasteiger partial charge is 0.479 e. The van der Waals surface area contributed by atoms with Gasteiger partial charge in [0.05, 0.1) is 43.0 Å². The second kappa shape index (κ2) is 19.2. The van der Waals surface area contributed by atoms with Gasteiger partial charge in [-0.1, -0.05) is 60.1 Å². The van der Waals surface area contributed by atoms with E-state index in [1.807, 2.05) is 13.8 Å². The van der Waals surface area contributed by atoms with Gasteiger partial charge >= 0.3 is 11.9 Å². The molecule has 8 rings (SSSR count). The van der Waals surface area contributed by atoms with Crippen LogP contribution in [0, 0.1) is 50.2 Å². The molecule has 0 spiro atoms. The van der Waals surface area contributed by atoms with Gasteiger partial charge in [0.25, 0.3) is 0 Å². The van der Waals surface area contributed by atoms with E-state index in [1.165, 1.54) is 13.8 Å². The molecule has 5 aliphatic carbocycles. The molecule has 406 valence electrons. The zero-order valence-electron chi connectivity index (χ0n) is 42.2. The molecule has 3 saturated heterocycles. The highest BCUT2D eigenvalue weighted by Crippen LogP contribution is 2.76. The molecule has 12 N–H and O–H groups in total. The van der Waals surface area contributed by atoms with Crippen LogP contribution >= 0.6 is 0 Å². The minimum atomic E-state index is -2.04. The molecule has 3 heterocycles. The van der Waals surface area contributed by atoms with Gasteiger partial charge < -0.3 is 94.4 Å². The molecule has 21 nitrogen and oxygen atoms in total. The molecular weight excluding hydrogens is 937 g/mol. The lowest BCUT2D eigenvalue weighted by Crippen LogP contribution is -2.72. The number of rotatable bonds is 10. The Morgan fingerprint density at radius 2 is 1.30 bits per heavy atom. The van der Waals surface area contributed by atoms with Crippen molar-refractivity contribution in [3.05, 3.63) is 11.6 Å². The van der Waals surface area contributed by atoms with Gasteiger partial charge in [0.1, 0.15) is 67.1 Å². The van der Waals surface area contributed by atoms with E-state index >= 15 is 0 Å². The standard InChI is InChI=1S/C50H80O21/c1-20-29(54)31(56)33(58)42(65-20)69-36-35(60)37(70-43-34(59)32(57)30(55)24(18-51)67-43)44(71-38(36)41(63)64)68-27-13-14-47(7)25(46(27,5)6)12-15-48(8)26(47)11-10-22-23-16-45(3,4)39(61)40(62)50(23,19-52)28(66-21(2)53)17-49(22,48)9/h10,20,23-40,42-44,51-52,54-62H,11-19H2,1-9H3,(H,63,64).